The smallest absolute Gasteiger partial charge is 0.0483 e. The van der Waals surface area contributed by atoms with E-state index in [1.165, 1.54) is 55.7 Å². The summed E-state index contributed by atoms with van der Waals surface area (Å²) < 4.78 is 2.34. The summed E-state index contributed by atoms with van der Waals surface area (Å²) in [4.78, 5) is 7.82. The van der Waals surface area contributed by atoms with Crippen molar-refractivity contribution in [2.45, 2.75) is 26.1 Å². The summed E-state index contributed by atoms with van der Waals surface area (Å²) in [6, 6.07) is 9.77. The first-order valence-corrected chi connectivity index (χ1v) is 8.96. The molecule has 1 aromatic heterocycles. The lowest BCUT2D eigenvalue weighted by Crippen LogP contribution is -2.61. The molecule has 1 atom stereocenters. The first-order chi connectivity index (χ1) is 11.2. The van der Waals surface area contributed by atoms with Gasteiger partial charge in [0, 0.05) is 75.5 Å². The number of piperazine rings is 2. The Morgan fingerprint density at radius 1 is 1.04 bits per heavy atom. The van der Waals surface area contributed by atoms with Gasteiger partial charge in [-0.25, -0.2) is 0 Å². The molecule has 1 unspecified atom stereocenters. The Morgan fingerprint density at radius 2 is 1.91 bits per heavy atom. The molecule has 0 aliphatic carbocycles. The summed E-state index contributed by atoms with van der Waals surface area (Å²) in [5, 5.41) is 1.43. The van der Waals surface area contributed by atoms with E-state index < -0.39 is 0 Å². The van der Waals surface area contributed by atoms with E-state index in [9.17, 15) is 0 Å². The zero-order valence-corrected chi connectivity index (χ0v) is 14.4. The average Bonchev–Trinajstić information content (AvgIpc) is 2.98. The predicted octanol–water partition coefficient (Wildman–Crippen LogP) is 2.09. The van der Waals surface area contributed by atoms with Gasteiger partial charge in [-0.3, -0.25) is 9.80 Å². The van der Waals surface area contributed by atoms with Gasteiger partial charge in [0.05, 0.1) is 0 Å². The Balaban J connectivity index is 1.51. The highest BCUT2D eigenvalue weighted by Gasteiger charge is 2.30. The van der Waals surface area contributed by atoms with Gasteiger partial charge in [0.15, 0.2) is 0 Å². The molecule has 23 heavy (non-hydrogen) atoms. The fourth-order valence-electron chi connectivity index (χ4n) is 4.26. The highest BCUT2D eigenvalue weighted by Crippen LogP contribution is 2.23. The lowest BCUT2D eigenvalue weighted by molar-refractivity contribution is 0.0176. The zero-order valence-electron chi connectivity index (χ0n) is 14.4. The fraction of sp³-hybridized carbons (Fsp3) is 0.579. The Labute approximate surface area is 139 Å². The standard InChI is InChI=1S/C19H28N4/c1-3-22-8-7-18-16(5-4-6-19(18)22)13-21-10-12-23-11-9-20(2)14-17(23)15-21/h4-8,17H,3,9-15H2,1-2H3. The number of aromatic nitrogens is 1. The second-order valence-corrected chi connectivity index (χ2v) is 7.14. The van der Waals surface area contributed by atoms with E-state index in [2.05, 4.69) is 63.7 Å². The Hall–Kier alpha value is -1.36. The molecule has 4 heteroatoms. The van der Waals surface area contributed by atoms with Crippen LogP contribution in [-0.2, 0) is 13.1 Å². The minimum atomic E-state index is 0.710. The summed E-state index contributed by atoms with van der Waals surface area (Å²) in [5.41, 5.74) is 2.85. The Morgan fingerprint density at radius 3 is 2.78 bits per heavy atom. The topological polar surface area (TPSA) is 14.7 Å². The van der Waals surface area contributed by atoms with E-state index in [-0.39, 0.29) is 0 Å². The van der Waals surface area contributed by atoms with E-state index in [0.717, 1.165) is 13.1 Å². The molecule has 2 aliphatic heterocycles. The maximum Gasteiger partial charge on any atom is 0.0483 e. The molecule has 0 amide bonds. The third kappa shape index (κ3) is 2.91. The van der Waals surface area contributed by atoms with Gasteiger partial charge in [0.25, 0.3) is 0 Å². The molecular formula is C19H28N4. The van der Waals surface area contributed by atoms with Crippen LogP contribution in [0.3, 0.4) is 0 Å². The minimum absolute atomic E-state index is 0.710. The number of fused-ring (bicyclic) bond motifs is 2. The number of nitrogens with zero attached hydrogens (tertiary/aromatic N) is 4. The largest absolute Gasteiger partial charge is 0.348 e. The average molecular weight is 312 g/mol. The predicted molar refractivity (Wildman–Crippen MR) is 95.7 cm³/mol. The lowest BCUT2D eigenvalue weighted by Gasteiger charge is -2.46. The van der Waals surface area contributed by atoms with E-state index >= 15 is 0 Å². The normalized spacial score (nSPS) is 24.2. The zero-order chi connectivity index (χ0) is 15.8. The van der Waals surface area contributed by atoms with Crippen molar-refractivity contribution < 1.29 is 0 Å². The van der Waals surface area contributed by atoms with Crippen LogP contribution in [0.25, 0.3) is 10.9 Å². The molecule has 4 rings (SSSR count). The van der Waals surface area contributed by atoms with Crippen molar-refractivity contribution in [3.05, 3.63) is 36.0 Å². The molecule has 1 aromatic carbocycles. The van der Waals surface area contributed by atoms with Crippen LogP contribution < -0.4 is 0 Å². The first-order valence-electron chi connectivity index (χ1n) is 8.96. The number of benzene rings is 1. The van der Waals surface area contributed by atoms with Crippen LogP contribution in [0.4, 0.5) is 0 Å². The molecule has 2 fully saturated rings. The molecule has 124 valence electrons. The number of hydrogen-bond donors (Lipinski definition) is 0. The second kappa shape index (κ2) is 6.27. The summed E-state index contributed by atoms with van der Waals surface area (Å²) in [6.45, 7) is 11.6. The molecule has 0 radical (unpaired) electrons. The van der Waals surface area contributed by atoms with Gasteiger partial charge in [-0.15, -0.1) is 0 Å². The van der Waals surface area contributed by atoms with Crippen molar-refractivity contribution in [3.63, 3.8) is 0 Å². The number of aryl methyl sites for hydroxylation is 1. The van der Waals surface area contributed by atoms with Crippen molar-refractivity contribution in [1.82, 2.24) is 19.3 Å². The van der Waals surface area contributed by atoms with Gasteiger partial charge in [-0.1, -0.05) is 12.1 Å². The maximum atomic E-state index is 2.69. The van der Waals surface area contributed by atoms with Crippen molar-refractivity contribution >= 4 is 10.9 Å². The SMILES string of the molecule is CCn1ccc2c(CN3CCN4CCN(C)CC4C3)cccc21. The lowest BCUT2D eigenvalue weighted by atomic mass is 10.1. The highest BCUT2D eigenvalue weighted by molar-refractivity contribution is 5.83. The summed E-state index contributed by atoms with van der Waals surface area (Å²) in [6.07, 6.45) is 2.22. The number of hydrogen-bond acceptors (Lipinski definition) is 3. The number of rotatable bonds is 3. The van der Waals surface area contributed by atoms with Crippen LogP contribution in [0, 0.1) is 0 Å². The highest BCUT2D eigenvalue weighted by atomic mass is 15.3. The van der Waals surface area contributed by atoms with E-state index in [1.807, 2.05) is 0 Å². The van der Waals surface area contributed by atoms with E-state index in [1.54, 1.807) is 0 Å². The van der Waals surface area contributed by atoms with Crippen LogP contribution in [0.5, 0.6) is 0 Å². The molecular weight excluding hydrogens is 284 g/mol. The van der Waals surface area contributed by atoms with Gasteiger partial charge >= 0.3 is 0 Å². The second-order valence-electron chi connectivity index (χ2n) is 7.14. The maximum absolute atomic E-state index is 2.69. The van der Waals surface area contributed by atoms with Crippen molar-refractivity contribution in [2.75, 3.05) is 46.3 Å². The van der Waals surface area contributed by atoms with Gasteiger partial charge in [-0.05, 0) is 31.7 Å². The van der Waals surface area contributed by atoms with Crippen LogP contribution in [-0.4, -0.2) is 71.6 Å². The van der Waals surface area contributed by atoms with Gasteiger partial charge in [0.2, 0.25) is 0 Å². The van der Waals surface area contributed by atoms with Crippen LogP contribution in [0.1, 0.15) is 12.5 Å². The quantitative estimate of drug-likeness (QED) is 0.862. The van der Waals surface area contributed by atoms with Crippen LogP contribution in [0.15, 0.2) is 30.5 Å². The van der Waals surface area contributed by atoms with Crippen molar-refractivity contribution in [2.24, 2.45) is 0 Å². The third-order valence-corrected chi connectivity index (χ3v) is 5.62. The molecule has 0 saturated carbocycles. The van der Waals surface area contributed by atoms with Gasteiger partial charge in [0.1, 0.15) is 0 Å². The number of likely N-dealkylation sites (N-methyl/N-ethyl adjacent to an activating group) is 1. The monoisotopic (exact) mass is 312 g/mol. The third-order valence-electron chi connectivity index (χ3n) is 5.62. The molecule has 4 nitrogen and oxygen atoms in total. The molecule has 2 saturated heterocycles. The summed E-state index contributed by atoms with van der Waals surface area (Å²) >= 11 is 0. The van der Waals surface area contributed by atoms with Gasteiger partial charge in [-0.2, -0.15) is 0 Å². The molecule has 0 N–H and O–H groups in total. The Kier molecular flexibility index (Phi) is 4.14. The van der Waals surface area contributed by atoms with E-state index in [0.29, 0.717) is 6.04 Å². The summed E-state index contributed by atoms with van der Waals surface area (Å²) in [5.74, 6) is 0. The summed E-state index contributed by atoms with van der Waals surface area (Å²) in [7, 11) is 2.25. The Bertz CT molecular complexity index is 677. The van der Waals surface area contributed by atoms with Crippen molar-refractivity contribution in [1.29, 1.82) is 0 Å². The van der Waals surface area contributed by atoms with E-state index in [4.69, 9.17) is 0 Å². The van der Waals surface area contributed by atoms with Crippen LogP contribution >= 0.6 is 0 Å². The van der Waals surface area contributed by atoms with Gasteiger partial charge < -0.3 is 9.47 Å². The first kappa shape index (κ1) is 15.2. The van der Waals surface area contributed by atoms with Crippen LogP contribution in [0.2, 0.25) is 0 Å². The minimum Gasteiger partial charge on any atom is -0.348 e. The fourth-order valence-corrected chi connectivity index (χ4v) is 4.26. The molecule has 3 heterocycles. The molecule has 2 aromatic rings. The molecule has 2 aliphatic rings. The molecule has 0 spiro atoms. The van der Waals surface area contributed by atoms with Crippen molar-refractivity contribution in [3.8, 4) is 0 Å². The molecule has 0 bridgehead atoms.